The molecule has 0 fully saturated rings. The van der Waals surface area contributed by atoms with Crippen molar-refractivity contribution in [3.8, 4) is 0 Å². The van der Waals surface area contributed by atoms with Gasteiger partial charge in [-0.2, -0.15) is 0 Å². The number of halogens is 2. The van der Waals surface area contributed by atoms with Crippen LogP contribution in [0.2, 0.25) is 10.0 Å². The van der Waals surface area contributed by atoms with Crippen molar-refractivity contribution in [2.75, 3.05) is 12.8 Å². The minimum atomic E-state index is 0.00613. The van der Waals surface area contributed by atoms with Crippen LogP contribution in [0.1, 0.15) is 11.1 Å². The van der Waals surface area contributed by atoms with Crippen molar-refractivity contribution in [3.05, 3.63) is 63.6 Å². The molecule has 0 atom stereocenters. The Morgan fingerprint density at radius 3 is 2.62 bits per heavy atom. The Bertz CT molecular complexity index is 658. The molecule has 2 rings (SSSR count). The molecule has 0 aliphatic carbocycles. The highest BCUT2D eigenvalue weighted by atomic mass is 35.5. The summed E-state index contributed by atoms with van der Waals surface area (Å²) in [5.41, 5.74) is 8.13. The summed E-state index contributed by atoms with van der Waals surface area (Å²) >= 11 is 12.0. The molecule has 2 aromatic rings. The van der Waals surface area contributed by atoms with Gasteiger partial charge < -0.3 is 10.6 Å². The highest BCUT2D eigenvalue weighted by molar-refractivity contribution is 6.35. The molecule has 0 bridgehead atoms. The van der Waals surface area contributed by atoms with E-state index in [0.29, 0.717) is 28.7 Å². The maximum atomic E-state index is 12.2. The SMILES string of the molecule is CN(Cc1ccc(Cl)cc1Cl)C(=O)Cc1cccc(N)c1. The lowest BCUT2D eigenvalue weighted by atomic mass is 10.1. The van der Waals surface area contributed by atoms with Gasteiger partial charge >= 0.3 is 0 Å². The van der Waals surface area contributed by atoms with Crippen molar-refractivity contribution in [1.82, 2.24) is 4.90 Å². The van der Waals surface area contributed by atoms with Gasteiger partial charge in [-0.3, -0.25) is 4.79 Å². The van der Waals surface area contributed by atoms with E-state index in [0.717, 1.165) is 11.1 Å². The molecule has 0 saturated heterocycles. The summed E-state index contributed by atoms with van der Waals surface area (Å²) in [4.78, 5) is 13.9. The number of amides is 1. The van der Waals surface area contributed by atoms with Gasteiger partial charge in [-0.25, -0.2) is 0 Å². The predicted octanol–water partition coefficient (Wildman–Crippen LogP) is 3.78. The zero-order chi connectivity index (χ0) is 15.4. The van der Waals surface area contributed by atoms with E-state index in [2.05, 4.69) is 0 Å². The second kappa shape index (κ2) is 6.83. The number of nitrogens with zero attached hydrogens (tertiary/aromatic N) is 1. The van der Waals surface area contributed by atoms with Gasteiger partial charge in [0.15, 0.2) is 0 Å². The van der Waals surface area contributed by atoms with Crippen LogP contribution >= 0.6 is 23.2 Å². The Kier molecular flexibility index (Phi) is 5.10. The van der Waals surface area contributed by atoms with E-state index < -0.39 is 0 Å². The normalized spacial score (nSPS) is 10.4. The lowest BCUT2D eigenvalue weighted by molar-refractivity contribution is -0.129. The molecule has 3 nitrogen and oxygen atoms in total. The molecular formula is C16H16Cl2N2O. The van der Waals surface area contributed by atoms with Gasteiger partial charge in [0.2, 0.25) is 5.91 Å². The Morgan fingerprint density at radius 2 is 1.95 bits per heavy atom. The molecule has 0 radical (unpaired) electrons. The van der Waals surface area contributed by atoms with Gasteiger partial charge in [-0.15, -0.1) is 0 Å². The Balaban J connectivity index is 2.02. The smallest absolute Gasteiger partial charge is 0.227 e. The van der Waals surface area contributed by atoms with Crippen LogP contribution in [0.15, 0.2) is 42.5 Å². The minimum Gasteiger partial charge on any atom is -0.399 e. The van der Waals surface area contributed by atoms with Crippen LogP contribution in [0.25, 0.3) is 0 Å². The Morgan fingerprint density at radius 1 is 1.19 bits per heavy atom. The van der Waals surface area contributed by atoms with Crippen LogP contribution in [-0.4, -0.2) is 17.9 Å². The molecule has 5 heteroatoms. The van der Waals surface area contributed by atoms with Crippen molar-refractivity contribution in [2.24, 2.45) is 0 Å². The topological polar surface area (TPSA) is 46.3 Å². The molecule has 110 valence electrons. The van der Waals surface area contributed by atoms with Crippen molar-refractivity contribution in [1.29, 1.82) is 0 Å². The fourth-order valence-corrected chi connectivity index (χ4v) is 2.47. The van der Waals surface area contributed by atoms with E-state index in [1.165, 1.54) is 0 Å². The number of rotatable bonds is 4. The summed E-state index contributed by atoms with van der Waals surface area (Å²) in [5, 5.41) is 1.14. The highest BCUT2D eigenvalue weighted by Crippen LogP contribution is 2.22. The molecular weight excluding hydrogens is 307 g/mol. The molecule has 0 heterocycles. The minimum absolute atomic E-state index is 0.00613. The number of nitrogens with two attached hydrogens (primary N) is 1. The second-order valence-corrected chi connectivity index (χ2v) is 5.75. The van der Waals surface area contributed by atoms with Crippen LogP contribution in [-0.2, 0) is 17.8 Å². The number of benzene rings is 2. The third-order valence-corrected chi connectivity index (χ3v) is 3.74. The largest absolute Gasteiger partial charge is 0.399 e. The lowest BCUT2D eigenvalue weighted by Gasteiger charge is -2.18. The maximum Gasteiger partial charge on any atom is 0.227 e. The summed E-state index contributed by atoms with van der Waals surface area (Å²) in [6.45, 7) is 0.442. The van der Waals surface area contributed by atoms with Crippen LogP contribution in [0.3, 0.4) is 0 Å². The van der Waals surface area contributed by atoms with E-state index >= 15 is 0 Å². The second-order valence-electron chi connectivity index (χ2n) is 4.91. The third-order valence-electron chi connectivity index (χ3n) is 3.15. The van der Waals surface area contributed by atoms with Gasteiger partial charge in [-0.05, 0) is 35.4 Å². The monoisotopic (exact) mass is 322 g/mol. The van der Waals surface area contributed by atoms with Crippen molar-refractivity contribution < 1.29 is 4.79 Å². The number of hydrogen-bond donors (Lipinski definition) is 1. The van der Waals surface area contributed by atoms with Crippen LogP contribution < -0.4 is 5.73 Å². The molecule has 2 aromatic carbocycles. The summed E-state index contributed by atoms with van der Waals surface area (Å²) in [5.74, 6) is 0.00613. The van der Waals surface area contributed by atoms with Gasteiger partial charge in [-0.1, -0.05) is 41.4 Å². The summed E-state index contributed by atoms with van der Waals surface area (Å²) < 4.78 is 0. The Hall–Kier alpha value is -1.71. The Labute approximate surface area is 134 Å². The number of anilines is 1. The molecule has 1 amide bonds. The van der Waals surface area contributed by atoms with Gasteiger partial charge in [0.1, 0.15) is 0 Å². The number of carbonyl (C=O) groups excluding carboxylic acids is 1. The highest BCUT2D eigenvalue weighted by Gasteiger charge is 2.12. The number of likely N-dealkylation sites (N-methyl/N-ethyl adjacent to an activating group) is 1. The number of hydrogen-bond acceptors (Lipinski definition) is 2. The fraction of sp³-hybridized carbons (Fsp3) is 0.188. The van der Waals surface area contributed by atoms with Crippen LogP contribution in [0.5, 0.6) is 0 Å². The van der Waals surface area contributed by atoms with E-state index in [1.807, 2.05) is 18.2 Å². The molecule has 0 spiro atoms. The lowest BCUT2D eigenvalue weighted by Crippen LogP contribution is -2.27. The molecule has 0 aliphatic rings. The molecule has 0 aromatic heterocycles. The number of nitrogen functional groups attached to an aromatic ring is 1. The van der Waals surface area contributed by atoms with Crippen molar-refractivity contribution >= 4 is 34.8 Å². The third kappa shape index (κ3) is 4.38. The average molecular weight is 323 g/mol. The first-order chi connectivity index (χ1) is 9.95. The average Bonchev–Trinajstić information content (AvgIpc) is 2.41. The van der Waals surface area contributed by atoms with E-state index in [4.69, 9.17) is 28.9 Å². The molecule has 21 heavy (non-hydrogen) atoms. The fourth-order valence-electron chi connectivity index (χ4n) is 2.01. The van der Waals surface area contributed by atoms with E-state index in [-0.39, 0.29) is 5.91 Å². The summed E-state index contributed by atoms with van der Waals surface area (Å²) in [6.07, 6.45) is 0.312. The zero-order valence-electron chi connectivity index (χ0n) is 11.6. The standard InChI is InChI=1S/C16H16Cl2N2O/c1-20(10-12-5-6-13(17)9-15(12)18)16(21)8-11-3-2-4-14(19)7-11/h2-7,9H,8,10,19H2,1H3. The quantitative estimate of drug-likeness (QED) is 0.871. The maximum absolute atomic E-state index is 12.2. The van der Waals surface area contributed by atoms with Gasteiger partial charge in [0, 0.05) is 29.3 Å². The van der Waals surface area contributed by atoms with Crippen molar-refractivity contribution in [2.45, 2.75) is 13.0 Å². The first-order valence-electron chi connectivity index (χ1n) is 6.48. The number of carbonyl (C=O) groups is 1. The van der Waals surface area contributed by atoms with E-state index in [1.54, 1.807) is 36.2 Å². The van der Waals surface area contributed by atoms with Crippen LogP contribution in [0.4, 0.5) is 5.69 Å². The molecule has 2 N–H and O–H groups in total. The summed E-state index contributed by atoms with van der Waals surface area (Å²) in [7, 11) is 1.75. The zero-order valence-corrected chi connectivity index (χ0v) is 13.2. The van der Waals surface area contributed by atoms with E-state index in [9.17, 15) is 4.79 Å². The van der Waals surface area contributed by atoms with Gasteiger partial charge in [0.05, 0.1) is 6.42 Å². The van der Waals surface area contributed by atoms with Crippen molar-refractivity contribution in [3.63, 3.8) is 0 Å². The van der Waals surface area contributed by atoms with Crippen LogP contribution in [0, 0.1) is 0 Å². The first kappa shape index (κ1) is 15.7. The van der Waals surface area contributed by atoms with Gasteiger partial charge in [0.25, 0.3) is 0 Å². The molecule has 0 aliphatic heterocycles. The molecule has 0 unspecified atom stereocenters. The summed E-state index contributed by atoms with van der Waals surface area (Å²) in [6, 6.07) is 12.6. The predicted molar refractivity (Wildman–Crippen MR) is 87.5 cm³/mol. The first-order valence-corrected chi connectivity index (χ1v) is 7.23. The molecule has 0 saturated carbocycles.